The minimum Gasteiger partial charge on any atom is -0.337 e. The van der Waals surface area contributed by atoms with Crippen molar-refractivity contribution in [2.45, 2.75) is 0 Å². The number of nitrogens with zero attached hydrogens (tertiary/aromatic N) is 3. The molecular weight excluding hydrogens is 236 g/mol. The van der Waals surface area contributed by atoms with E-state index in [-0.39, 0.29) is 0 Å². The summed E-state index contributed by atoms with van der Waals surface area (Å²) in [6.45, 7) is 0. The average Bonchev–Trinajstić information content (AvgIpc) is 2.90. The topological polar surface area (TPSA) is 54.5 Å². The Balaban J connectivity index is 1.93. The smallest absolute Gasteiger partial charge is 0.159 e. The molecule has 1 N–H and O–H groups in total. The highest BCUT2D eigenvalue weighted by Crippen LogP contribution is 2.19. The van der Waals surface area contributed by atoms with Crippen LogP contribution in [0, 0.1) is 6.20 Å². The van der Waals surface area contributed by atoms with Crippen LogP contribution in [0.1, 0.15) is 0 Å². The standard InChI is InChI=1S/C15H9N4/c1-2-6-11-10(5-1)16-9-14(17-11)15-18-12-7-3-4-8-13(12)19-15/h1-8H,(H,18,19). The van der Waals surface area contributed by atoms with Crippen LogP contribution in [0.15, 0.2) is 48.5 Å². The van der Waals surface area contributed by atoms with Crippen LogP contribution in [0.25, 0.3) is 33.6 Å². The van der Waals surface area contributed by atoms with E-state index >= 15 is 0 Å². The first-order valence-electron chi connectivity index (χ1n) is 6.00. The van der Waals surface area contributed by atoms with Crippen LogP contribution in [0.4, 0.5) is 0 Å². The first-order chi connectivity index (χ1) is 9.40. The van der Waals surface area contributed by atoms with Crippen molar-refractivity contribution in [2.24, 2.45) is 0 Å². The molecule has 4 aromatic rings. The van der Waals surface area contributed by atoms with Gasteiger partial charge in [-0.1, -0.05) is 24.3 Å². The third-order valence-electron chi connectivity index (χ3n) is 3.01. The van der Waals surface area contributed by atoms with Gasteiger partial charge in [0.15, 0.2) is 5.82 Å². The van der Waals surface area contributed by atoms with Crippen molar-refractivity contribution in [1.29, 1.82) is 0 Å². The molecule has 0 atom stereocenters. The van der Waals surface area contributed by atoms with E-state index in [2.05, 4.69) is 26.1 Å². The highest BCUT2D eigenvalue weighted by Gasteiger charge is 2.08. The molecule has 0 aliphatic rings. The molecule has 4 rings (SSSR count). The first-order valence-corrected chi connectivity index (χ1v) is 6.00. The highest BCUT2D eigenvalue weighted by molar-refractivity contribution is 5.80. The molecule has 19 heavy (non-hydrogen) atoms. The van der Waals surface area contributed by atoms with Crippen molar-refractivity contribution in [3.05, 3.63) is 54.7 Å². The molecule has 2 aromatic carbocycles. The fraction of sp³-hybridized carbons (Fsp3) is 0. The van der Waals surface area contributed by atoms with E-state index < -0.39 is 0 Å². The number of rotatable bonds is 1. The molecule has 0 aliphatic heterocycles. The monoisotopic (exact) mass is 245 g/mol. The number of para-hydroxylation sites is 4. The number of imidazole rings is 1. The minimum absolute atomic E-state index is 0.634. The number of hydrogen-bond acceptors (Lipinski definition) is 3. The van der Waals surface area contributed by atoms with E-state index in [1.54, 1.807) is 0 Å². The minimum atomic E-state index is 0.634. The molecule has 89 valence electrons. The van der Waals surface area contributed by atoms with Gasteiger partial charge in [-0.25, -0.2) is 15.0 Å². The first kappa shape index (κ1) is 10.2. The molecule has 0 spiro atoms. The summed E-state index contributed by atoms with van der Waals surface area (Å²) < 4.78 is 0. The molecule has 0 amide bonds. The van der Waals surface area contributed by atoms with Crippen molar-refractivity contribution in [1.82, 2.24) is 19.9 Å². The number of benzene rings is 2. The van der Waals surface area contributed by atoms with Gasteiger partial charge in [-0.3, -0.25) is 0 Å². The molecule has 2 heterocycles. The Labute approximate surface area is 109 Å². The maximum atomic E-state index is 4.53. The third kappa shape index (κ3) is 1.65. The molecule has 0 saturated heterocycles. The van der Waals surface area contributed by atoms with Gasteiger partial charge in [0, 0.05) is 0 Å². The number of hydrogen-bond donors (Lipinski definition) is 1. The quantitative estimate of drug-likeness (QED) is 0.561. The van der Waals surface area contributed by atoms with Crippen molar-refractivity contribution >= 4 is 22.1 Å². The summed E-state index contributed by atoms with van der Waals surface area (Å²) in [6.07, 6.45) is 2.93. The molecule has 0 fully saturated rings. The Bertz CT molecular complexity index is 846. The molecule has 1 radical (unpaired) electrons. The van der Waals surface area contributed by atoms with Gasteiger partial charge in [0.1, 0.15) is 11.9 Å². The predicted molar refractivity (Wildman–Crippen MR) is 73.5 cm³/mol. The van der Waals surface area contributed by atoms with Crippen LogP contribution in [-0.2, 0) is 0 Å². The van der Waals surface area contributed by atoms with Crippen LogP contribution >= 0.6 is 0 Å². The number of aromatic nitrogens is 4. The zero-order chi connectivity index (χ0) is 12.7. The van der Waals surface area contributed by atoms with Gasteiger partial charge in [0.05, 0.1) is 22.1 Å². The summed E-state index contributed by atoms with van der Waals surface area (Å²) in [5.74, 6) is 0.694. The lowest BCUT2D eigenvalue weighted by Gasteiger charge is -1.97. The number of H-pyrrole nitrogens is 1. The van der Waals surface area contributed by atoms with Crippen LogP contribution in [-0.4, -0.2) is 19.9 Å². The summed E-state index contributed by atoms with van der Waals surface area (Å²) >= 11 is 0. The molecular formula is C15H9N4. The second-order valence-corrected chi connectivity index (χ2v) is 4.28. The molecule has 0 saturated carbocycles. The lowest BCUT2D eigenvalue weighted by molar-refractivity contribution is 1.22. The third-order valence-corrected chi connectivity index (χ3v) is 3.01. The summed E-state index contributed by atoms with van der Waals surface area (Å²) in [7, 11) is 0. The number of aromatic amines is 1. The molecule has 0 aliphatic carbocycles. The van der Waals surface area contributed by atoms with Crippen LogP contribution in [0.5, 0.6) is 0 Å². The van der Waals surface area contributed by atoms with Gasteiger partial charge >= 0.3 is 0 Å². The van der Waals surface area contributed by atoms with Gasteiger partial charge in [-0.2, -0.15) is 0 Å². The second kappa shape index (κ2) is 3.88. The van der Waals surface area contributed by atoms with Crippen LogP contribution < -0.4 is 0 Å². The normalized spacial score (nSPS) is 11.2. The second-order valence-electron chi connectivity index (χ2n) is 4.28. The van der Waals surface area contributed by atoms with Gasteiger partial charge in [0.25, 0.3) is 0 Å². The molecule has 2 aromatic heterocycles. The van der Waals surface area contributed by atoms with Crippen LogP contribution in [0.2, 0.25) is 0 Å². The highest BCUT2D eigenvalue weighted by atomic mass is 15.0. The molecule has 4 heteroatoms. The Hall–Kier alpha value is -2.75. The molecule has 4 nitrogen and oxygen atoms in total. The fourth-order valence-corrected chi connectivity index (χ4v) is 2.08. The summed E-state index contributed by atoms with van der Waals surface area (Å²) in [4.78, 5) is 16.5. The average molecular weight is 245 g/mol. The largest absolute Gasteiger partial charge is 0.337 e. The number of fused-ring (bicyclic) bond motifs is 2. The van der Waals surface area contributed by atoms with Gasteiger partial charge < -0.3 is 4.98 Å². The molecule has 0 bridgehead atoms. The van der Waals surface area contributed by atoms with Crippen molar-refractivity contribution < 1.29 is 0 Å². The summed E-state index contributed by atoms with van der Waals surface area (Å²) in [5, 5.41) is 0. The van der Waals surface area contributed by atoms with E-state index in [4.69, 9.17) is 0 Å². The Kier molecular flexibility index (Phi) is 2.08. The van der Waals surface area contributed by atoms with Crippen molar-refractivity contribution in [3.63, 3.8) is 0 Å². The Morgan fingerprint density at radius 1 is 0.789 bits per heavy atom. The number of nitrogens with one attached hydrogen (secondary N) is 1. The summed E-state index contributed by atoms with van der Waals surface area (Å²) in [5.41, 5.74) is 4.22. The zero-order valence-corrected chi connectivity index (χ0v) is 9.96. The SMILES string of the molecule is [c]1nc2ccccc2nc1-c1nc2ccccc2[nH]1. The Morgan fingerprint density at radius 3 is 2.37 bits per heavy atom. The van der Waals surface area contributed by atoms with E-state index in [1.807, 2.05) is 48.5 Å². The van der Waals surface area contributed by atoms with Gasteiger partial charge in [-0.05, 0) is 24.3 Å². The van der Waals surface area contributed by atoms with Crippen molar-refractivity contribution in [2.75, 3.05) is 0 Å². The van der Waals surface area contributed by atoms with E-state index in [0.717, 1.165) is 22.1 Å². The lowest BCUT2D eigenvalue weighted by Crippen LogP contribution is -1.90. The van der Waals surface area contributed by atoms with Gasteiger partial charge in [-0.15, -0.1) is 0 Å². The van der Waals surface area contributed by atoms with Crippen molar-refractivity contribution in [3.8, 4) is 11.5 Å². The van der Waals surface area contributed by atoms with E-state index in [9.17, 15) is 0 Å². The van der Waals surface area contributed by atoms with E-state index in [0.29, 0.717) is 11.5 Å². The fourth-order valence-electron chi connectivity index (χ4n) is 2.08. The molecule has 0 unspecified atom stereocenters. The lowest BCUT2D eigenvalue weighted by atomic mass is 10.3. The maximum Gasteiger partial charge on any atom is 0.159 e. The van der Waals surface area contributed by atoms with E-state index in [1.165, 1.54) is 0 Å². The zero-order valence-electron chi connectivity index (χ0n) is 9.96. The summed E-state index contributed by atoms with van der Waals surface area (Å²) in [6, 6.07) is 15.6. The Morgan fingerprint density at radius 2 is 1.53 bits per heavy atom. The van der Waals surface area contributed by atoms with Crippen LogP contribution in [0.3, 0.4) is 0 Å². The predicted octanol–water partition coefficient (Wildman–Crippen LogP) is 2.97. The van der Waals surface area contributed by atoms with Gasteiger partial charge in [0.2, 0.25) is 0 Å². The maximum absolute atomic E-state index is 4.53.